The second-order valence-corrected chi connectivity index (χ2v) is 8.10. The fraction of sp³-hybridized carbons (Fsp3) is 0.280. The predicted octanol–water partition coefficient (Wildman–Crippen LogP) is 4.98. The number of hydrogen-bond donors (Lipinski definition) is 1. The number of ether oxygens (including phenoxy) is 1. The van der Waals surface area contributed by atoms with E-state index in [-0.39, 0.29) is 11.8 Å². The fourth-order valence-electron chi connectivity index (χ4n) is 5.05. The molecule has 0 radical (unpaired) electrons. The molecule has 1 N–H and O–H groups in total. The van der Waals surface area contributed by atoms with Crippen LogP contribution >= 0.6 is 0 Å². The molecular weight excluding hydrogens is 364 g/mol. The van der Waals surface area contributed by atoms with Crippen molar-refractivity contribution in [3.05, 3.63) is 66.2 Å². The van der Waals surface area contributed by atoms with Gasteiger partial charge >= 0.3 is 11.9 Å². The lowest BCUT2D eigenvalue weighted by Gasteiger charge is -2.23. The molecule has 2 bridgehead atoms. The summed E-state index contributed by atoms with van der Waals surface area (Å²) in [5.74, 6) is -2.29. The van der Waals surface area contributed by atoms with Gasteiger partial charge in [0.15, 0.2) is 0 Å². The highest BCUT2D eigenvalue weighted by Gasteiger charge is 2.52. The number of allylic oxidation sites excluding steroid dienone is 2. The summed E-state index contributed by atoms with van der Waals surface area (Å²) < 4.78 is 6.02. The second-order valence-electron chi connectivity index (χ2n) is 8.10. The molecule has 4 unspecified atom stereocenters. The molecular formula is C25H22O4. The quantitative estimate of drug-likeness (QED) is 0.297. The zero-order valence-corrected chi connectivity index (χ0v) is 16.2. The van der Waals surface area contributed by atoms with Gasteiger partial charge in [0.1, 0.15) is 5.75 Å². The molecule has 0 heterocycles. The van der Waals surface area contributed by atoms with Gasteiger partial charge in [0, 0.05) is 10.8 Å². The van der Waals surface area contributed by atoms with Gasteiger partial charge in [-0.1, -0.05) is 55.5 Å². The van der Waals surface area contributed by atoms with Crippen molar-refractivity contribution in [3.63, 3.8) is 0 Å². The average Bonchev–Trinajstić information content (AvgIpc) is 3.35. The van der Waals surface area contributed by atoms with E-state index < -0.39 is 23.8 Å². The van der Waals surface area contributed by atoms with E-state index in [0.29, 0.717) is 12.2 Å². The molecule has 5 rings (SSSR count). The Kier molecular flexibility index (Phi) is 4.16. The lowest BCUT2D eigenvalue weighted by atomic mass is 9.83. The number of carbonyl (C=O) groups is 2. The zero-order valence-electron chi connectivity index (χ0n) is 16.2. The SMILES string of the molecule is CCc1ccc2cc3ccccc3c(OC(=O)C3C4C=CC(C4)C3C(=O)O)c2c1. The van der Waals surface area contributed by atoms with Crippen molar-refractivity contribution in [2.45, 2.75) is 19.8 Å². The Morgan fingerprint density at radius 2 is 1.69 bits per heavy atom. The van der Waals surface area contributed by atoms with Crippen molar-refractivity contribution in [1.82, 2.24) is 0 Å². The minimum absolute atomic E-state index is 0.0546. The van der Waals surface area contributed by atoms with Crippen molar-refractivity contribution in [2.75, 3.05) is 0 Å². The molecule has 29 heavy (non-hydrogen) atoms. The minimum Gasteiger partial charge on any atom is -0.481 e. The molecule has 4 heteroatoms. The molecule has 2 aliphatic carbocycles. The number of benzene rings is 3. The number of fused-ring (bicyclic) bond motifs is 4. The number of hydrogen-bond acceptors (Lipinski definition) is 3. The van der Waals surface area contributed by atoms with E-state index in [2.05, 4.69) is 31.2 Å². The van der Waals surface area contributed by atoms with Crippen LogP contribution in [0.1, 0.15) is 18.9 Å². The highest BCUT2D eigenvalue weighted by molar-refractivity contribution is 6.07. The topological polar surface area (TPSA) is 63.6 Å². The lowest BCUT2D eigenvalue weighted by Crippen LogP contribution is -2.35. The van der Waals surface area contributed by atoms with Gasteiger partial charge in [-0.05, 0) is 53.1 Å². The third kappa shape index (κ3) is 2.82. The van der Waals surface area contributed by atoms with E-state index in [1.54, 1.807) is 0 Å². The van der Waals surface area contributed by atoms with Gasteiger partial charge in [0.25, 0.3) is 0 Å². The standard InChI is InChI=1S/C25H22O4/c1-2-14-7-8-16-12-15-5-3-4-6-19(15)23(20(16)11-14)29-25(28)22-18-10-9-17(13-18)21(22)24(26)27/h3-12,17-18,21-22H,2,13H2,1H3,(H,26,27). The van der Waals surface area contributed by atoms with Crippen molar-refractivity contribution in [1.29, 1.82) is 0 Å². The van der Waals surface area contributed by atoms with Gasteiger partial charge in [0.2, 0.25) is 0 Å². The van der Waals surface area contributed by atoms with Crippen molar-refractivity contribution in [2.24, 2.45) is 23.7 Å². The third-order valence-electron chi connectivity index (χ3n) is 6.51. The number of aryl methyl sites for hydroxylation is 1. The van der Waals surface area contributed by atoms with Gasteiger partial charge in [-0.2, -0.15) is 0 Å². The molecule has 146 valence electrons. The molecule has 0 aliphatic heterocycles. The van der Waals surface area contributed by atoms with Crippen LogP contribution in [-0.4, -0.2) is 17.0 Å². The van der Waals surface area contributed by atoms with Crippen LogP contribution in [-0.2, 0) is 16.0 Å². The Hall–Kier alpha value is -3.14. The number of carboxylic acids is 1. The number of carboxylic acid groups (broad SMARTS) is 1. The molecule has 4 nitrogen and oxygen atoms in total. The van der Waals surface area contributed by atoms with Crippen LogP contribution in [0.2, 0.25) is 0 Å². The summed E-state index contributed by atoms with van der Waals surface area (Å²) in [6.45, 7) is 2.09. The molecule has 1 fully saturated rings. The second kappa shape index (κ2) is 6.73. The van der Waals surface area contributed by atoms with Crippen LogP contribution in [0, 0.1) is 23.7 Å². The van der Waals surface area contributed by atoms with Crippen LogP contribution in [0.4, 0.5) is 0 Å². The molecule has 4 atom stereocenters. The van der Waals surface area contributed by atoms with Gasteiger partial charge < -0.3 is 9.84 Å². The number of esters is 1. The maximum absolute atomic E-state index is 13.2. The van der Waals surface area contributed by atoms with Gasteiger partial charge in [-0.3, -0.25) is 9.59 Å². The monoisotopic (exact) mass is 386 g/mol. The van der Waals surface area contributed by atoms with Gasteiger partial charge in [-0.25, -0.2) is 0 Å². The van der Waals surface area contributed by atoms with E-state index in [1.807, 2.05) is 36.4 Å². The molecule has 3 aromatic carbocycles. The molecule has 0 aromatic heterocycles. The Morgan fingerprint density at radius 3 is 2.45 bits per heavy atom. The maximum atomic E-state index is 13.2. The molecule has 0 amide bonds. The van der Waals surface area contributed by atoms with Crippen molar-refractivity contribution in [3.8, 4) is 5.75 Å². The largest absolute Gasteiger partial charge is 0.481 e. The van der Waals surface area contributed by atoms with Crippen LogP contribution in [0.25, 0.3) is 21.5 Å². The Bertz CT molecular complexity index is 1180. The van der Waals surface area contributed by atoms with E-state index in [9.17, 15) is 14.7 Å². The summed E-state index contributed by atoms with van der Waals surface area (Å²) in [4.78, 5) is 25.1. The first-order valence-electron chi connectivity index (χ1n) is 10.1. The highest BCUT2D eigenvalue weighted by Crippen LogP contribution is 2.49. The van der Waals surface area contributed by atoms with Crippen LogP contribution in [0.5, 0.6) is 5.75 Å². The minimum atomic E-state index is -0.917. The zero-order chi connectivity index (χ0) is 20.1. The molecule has 1 saturated carbocycles. The van der Waals surface area contributed by atoms with Crippen molar-refractivity contribution < 1.29 is 19.4 Å². The fourth-order valence-corrected chi connectivity index (χ4v) is 5.05. The number of carbonyl (C=O) groups excluding carboxylic acids is 1. The Morgan fingerprint density at radius 1 is 0.966 bits per heavy atom. The van der Waals surface area contributed by atoms with E-state index >= 15 is 0 Å². The molecule has 2 aliphatic rings. The van der Waals surface area contributed by atoms with Crippen LogP contribution < -0.4 is 4.74 Å². The number of rotatable bonds is 4. The summed E-state index contributed by atoms with van der Waals surface area (Å²) in [6.07, 6.45) is 5.52. The molecule has 0 saturated heterocycles. The predicted molar refractivity (Wildman–Crippen MR) is 112 cm³/mol. The van der Waals surface area contributed by atoms with Crippen molar-refractivity contribution >= 4 is 33.5 Å². The van der Waals surface area contributed by atoms with E-state index in [4.69, 9.17) is 4.74 Å². The normalized spacial score (nSPS) is 25.0. The van der Waals surface area contributed by atoms with Crippen LogP contribution in [0.3, 0.4) is 0 Å². The average molecular weight is 386 g/mol. The number of aliphatic carboxylic acids is 1. The smallest absolute Gasteiger partial charge is 0.315 e. The first-order valence-corrected chi connectivity index (χ1v) is 10.1. The third-order valence-corrected chi connectivity index (χ3v) is 6.51. The maximum Gasteiger partial charge on any atom is 0.315 e. The first kappa shape index (κ1) is 17.9. The van der Waals surface area contributed by atoms with Crippen LogP contribution in [0.15, 0.2) is 60.7 Å². The summed E-state index contributed by atoms with van der Waals surface area (Å²) in [7, 11) is 0. The summed E-state index contributed by atoms with van der Waals surface area (Å²) >= 11 is 0. The molecule has 0 spiro atoms. The highest BCUT2D eigenvalue weighted by atomic mass is 16.5. The van der Waals surface area contributed by atoms with E-state index in [0.717, 1.165) is 33.5 Å². The first-order chi connectivity index (χ1) is 14.1. The summed E-state index contributed by atoms with van der Waals surface area (Å²) in [5, 5.41) is 13.5. The summed E-state index contributed by atoms with van der Waals surface area (Å²) in [6, 6.07) is 16.1. The molecule has 3 aromatic rings. The Balaban J connectivity index is 1.62. The Labute approximate surface area is 168 Å². The van der Waals surface area contributed by atoms with Gasteiger partial charge in [0.05, 0.1) is 11.8 Å². The van der Waals surface area contributed by atoms with E-state index in [1.165, 1.54) is 0 Å². The lowest BCUT2D eigenvalue weighted by molar-refractivity contribution is -0.152. The summed E-state index contributed by atoms with van der Waals surface area (Å²) in [5.41, 5.74) is 1.16. The van der Waals surface area contributed by atoms with Gasteiger partial charge in [-0.15, -0.1) is 0 Å².